The minimum absolute atomic E-state index is 0.0915. The molecule has 138 valence electrons. The zero-order chi connectivity index (χ0) is 19.8. The number of nitro groups is 1. The molecule has 0 saturated heterocycles. The van der Waals surface area contributed by atoms with Crippen LogP contribution in [0.25, 0.3) is 10.8 Å². The van der Waals surface area contributed by atoms with E-state index in [4.69, 9.17) is 4.55 Å². The normalized spacial score (nSPS) is 11.3. The van der Waals surface area contributed by atoms with Gasteiger partial charge in [-0.15, -0.1) is 0 Å². The lowest BCUT2D eigenvalue weighted by Gasteiger charge is -2.09. The fourth-order valence-corrected chi connectivity index (χ4v) is 3.14. The highest BCUT2D eigenvalue weighted by Gasteiger charge is 2.18. The fourth-order valence-electron chi connectivity index (χ4n) is 2.54. The second-order valence-electron chi connectivity index (χ2n) is 5.58. The number of carbonyl (C=O) groups is 1. The van der Waals surface area contributed by atoms with E-state index in [9.17, 15) is 28.4 Å². The minimum Gasteiger partial charge on any atom is -0.506 e. The predicted octanol–water partition coefficient (Wildman–Crippen LogP) is 2.95. The Balaban J connectivity index is 1.93. The van der Waals surface area contributed by atoms with Gasteiger partial charge in [-0.25, -0.2) is 0 Å². The number of hydrogen-bond donors (Lipinski definition) is 3. The first-order chi connectivity index (χ1) is 12.7. The van der Waals surface area contributed by atoms with Crippen molar-refractivity contribution in [2.45, 2.75) is 4.90 Å². The summed E-state index contributed by atoms with van der Waals surface area (Å²) in [5.74, 6) is -1.18. The zero-order valence-electron chi connectivity index (χ0n) is 13.5. The molecular formula is C17H12N2O7S. The lowest BCUT2D eigenvalue weighted by atomic mass is 10.1. The van der Waals surface area contributed by atoms with Crippen molar-refractivity contribution in [1.29, 1.82) is 0 Å². The maximum atomic E-state index is 12.3. The Labute approximate surface area is 152 Å². The number of nitrogens with zero attached hydrogens (tertiary/aromatic N) is 1. The Kier molecular flexibility index (Phi) is 4.52. The first kappa shape index (κ1) is 18.3. The van der Waals surface area contributed by atoms with E-state index in [2.05, 4.69) is 5.32 Å². The molecule has 0 radical (unpaired) electrons. The molecular weight excluding hydrogens is 376 g/mol. The van der Waals surface area contributed by atoms with Crippen LogP contribution in [0.4, 0.5) is 11.4 Å². The van der Waals surface area contributed by atoms with E-state index in [0.717, 1.165) is 12.1 Å². The molecule has 0 fully saturated rings. The van der Waals surface area contributed by atoms with Crippen LogP contribution in [0.5, 0.6) is 5.75 Å². The maximum Gasteiger partial charge on any atom is 0.298 e. The molecule has 3 N–H and O–H groups in total. The molecule has 1 amide bonds. The second-order valence-corrected chi connectivity index (χ2v) is 6.97. The molecule has 0 aliphatic carbocycles. The Morgan fingerprint density at radius 3 is 2.48 bits per heavy atom. The van der Waals surface area contributed by atoms with Crippen molar-refractivity contribution >= 4 is 38.2 Å². The summed E-state index contributed by atoms with van der Waals surface area (Å²) in [4.78, 5) is 21.9. The molecule has 0 heterocycles. The van der Waals surface area contributed by atoms with Crippen LogP contribution in [-0.4, -0.2) is 28.9 Å². The molecule has 3 aromatic rings. The quantitative estimate of drug-likeness (QED) is 0.354. The molecule has 0 aliphatic rings. The number of phenols is 1. The number of aromatic hydroxyl groups is 1. The summed E-state index contributed by atoms with van der Waals surface area (Å²) >= 11 is 0. The number of carbonyl (C=O) groups excluding carboxylic acids is 1. The highest BCUT2D eigenvalue weighted by molar-refractivity contribution is 7.86. The molecule has 0 bridgehead atoms. The van der Waals surface area contributed by atoms with Crippen molar-refractivity contribution in [3.8, 4) is 5.75 Å². The van der Waals surface area contributed by atoms with Crippen LogP contribution in [0, 0.1) is 10.1 Å². The number of nitro benzene ring substituents is 1. The van der Waals surface area contributed by atoms with Crippen LogP contribution < -0.4 is 5.32 Å². The fraction of sp³-hybridized carbons (Fsp3) is 0. The van der Waals surface area contributed by atoms with Crippen LogP contribution in [0.15, 0.2) is 59.5 Å². The van der Waals surface area contributed by atoms with E-state index in [-0.39, 0.29) is 16.6 Å². The number of phenolic OH excluding ortho intramolecular Hbond substituents is 1. The Hall–Kier alpha value is -3.50. The Bertz CT molecular complexity index is 1190. The number of benzene rings is 3. The minimum atomic E-state index is -4.58. The Morgan fingerprint density at radius 1 is 1.07 bits per heavy atom. The summed E-state index contributed by atoms with van der Waals surface area (Å²) in [5.41, 5.74) is 0.204. The molecule has 0 saturated carbocycles. The second kappa shape index (κ2) is 6.67. The standard InChI is InChI=1S/C17H12N2O7S/c20-16-14-6-5-12(8-10(14)4-7-15(16)27(24,25)26)18-17(21)11-2-1-3-13(9-11)19(22)23/h1-9,20H,(H,18,21)(H,24,25,26). The predicted molar refractivity (Wildman–Crippen MR) is 96.5 cm³/mol. The molecule has 0 unspecified atom stereocenters. The van der Waals surface area contributed by atoms with E-state index >= 15 is 0 Å². The average molecular weight is 388 g/mol. The monoisotopic (exact) mass is 388 g/mol. The summed E-state index contributed by atoms with van der Waals surface area (Å²) in [5, 5.41) is 24.0. The van der Waals surface area contributed by atoms with Crippen LogP contribution in [-0.2, 0) is 10.1 Å². The van der Waals surface area contributed by atoms with Gasteiger partial charge in [0.15, 0.2) is 0 Å². The van der Waals surface area contributed by atoms with Crippen molar-refractivity contribution in [1.82, 2.24) is 0 Å². The van der Waals surface area contributed by atoms with Crippen molar-refractivity contribution in [2.75, 3.05) is 5.32 Å². The van der Waals surface area contributed by atoms with Gasteiger partial charge >= 0.3 is 0 Å². The number of nitrogens with one attached hydrogen (secondary N) is 1. The molecule has 9 nitrogen and oxygen atoms in total. The van der Waals surface area contributed by atoms with Crippen LogP contribution in [0.2, 0.25) is 0 Å². The van der Waals surface area contributed by atoms with Crippen LogP contribution in [0.3, 0.4) is 0 Å². The van der Waals surface area contributed by atoms with E-state index in [1.807, 2.05) is 0 Å². The summed E-state index contributed by atoms with van der Waals surface area (Å²) < 4.78 is 31.6. The van der Waals surface area contributed by atoms with Crippen molar-refractivity contribution < 1.29 is 27.8 Å². The zero-order valence-corrected chi connectivity index (χ0v) is 14.3. The van der Waals surface area contributed by atoms with Gasteiger partial charge in [-0.3, -0.25) is 19.5 Å². The molecule has 10 heteroatoms. The lowest BCUT2D eigenvalue weighted by Crippen LogP contribution is -2.12. The highest BCUT2D eigenvalue weighted by Crippen LogP contribution is 2.33. The van der Waals surface area contributed by atoms with E-state index in [0.29, 0.717) is 11.1 Å². The molecule has 0 aliphatic heterocycles. The maximum absolute atomic E-state index is 12.3. The molecule has 0 aromatic heterocycles. The average Bonchev–Trinajstić information content (AvgIpc) is 2.61. The van der Waals surface area contributed by atoms with Crippen molar-refractivity contribution in [3.63, 3.8) is 0 Å². The summed E-state index contributed by atoms with van der Waals surface area (Å²) in [6.45, 7) is 0. The van der Waals surface area contributed by atoms with Crippen molar-refractivity contribution in [2.24, 2.45) is 0 Å². The number of rotatable bonds is 4. The summed E-state index contributed by atoms with van der Waals surface area (Å²) in [6, 6.07) is 11.9. The van der Waals surface area contributed by atoms with E-state index in [1.165, 1.54) is 42.5 Å². The highest BCUT2D eigenvalue weighted by atomic mass is 32.2. The SMILES string of the molecule is O=C(Nc1ccc2c(O)c(S(=O)(=O)O)ccc2c1)c1cccc([N+](=O)[O-])c1. The van der Waals surface area contributed by atoms with Gasteiger partial charge < -0.3 is 10.4 Å². The molecule has 3 aromatic carbocycles. The van der Waals surface area contributed by atoms with Gasteiger partial charge in [0.05, 0.1) is 4.92 Å². The number of anilines is 1. The molecule has 0 spiro atoms. The van der Waals surface area contributed by atoms with Crippen LogP contribution >= 0.6 is 0 Å². The van der Waals surface area contributed by atoms with Gasteiger partial charge in [0, 0.05) is 28.8 Å². The molecule has 27 heavy (non-hydrogen) atoms. The largest absolute Gasteiger partial charge is 0.506 e. The van der Waals surface area contributed by atoms with Crippen molar-refractivity contribution in [3.05, 3.63) is 70.3 Å². The van der Waals surface area contributed by atoms with E-state index < -0.39 is 31.6 Å². The van der Waals surface area contributed by atoms with Gasteiger partial charge in [-0.2, -0.15) is 8.42 Å². The van der Waals surface area contributed by atoms with Gasteiger partial charge in [0.2, 0.25) is 0 Å². The topological polar surface area (TPSA) is 147 Å². The van der Waals surface area contributed by atoms with Gasteiger partial charge in [-0.05, 0) is 35.7 Å². The number of fused-ring (bicyclic) bond motifs is 1. The number of amides is 1. The van der Waals surface area contributed by atoms with E-state index in [1.54, 1.807) is 0 Å². The first-order valence-corrected chi connectivity index (χ1v) is 8.90. The Morgan fingerprint density at radius 2 is 1.81 bits per heavy atom. The number of hydrogen-bond acceptors (Lipinski definition) is 6. The summed E-state index contributed by atoms with van der Waals surface area (Å²) in [6.07, 6.45) is 0. The van der Waals surface area contributed by atoms with Gasteiger partial charge in [-0.1, -0.05) is 12.1 Å². The van der Waals surface area contributed by atoms with Gasteiger partial charge in [0.25, 0.3) is 21.7 Å². The lowest BCUT2D eigenvalue weighted by molar-refractivity contribution is -0.384. The molecule has 3 rings (SSSR count). The number of non-ortho nitro benzene ring substituents is 1. The van der Waals surface area contributed by atoms with Gasteiger partial charge in [0.1, 0.15) is 10.6 Å². The summed E-state index contributed by atoms with van der Waals surface area (Å²) in [7, 11) is -4.58. The van der Waals surface area contributed by atoms with Crippen LogP contribution in [0.1, 0.15) is 10.4 Å². The molecule has 0 atom stereocenters. The third kappa shape index (κ3) is 3.71. The third-order valence-electron chi connectivity index (χ3n) is 3.81. The third-order valence-corrected chi connectivity index (χ3v) is 4.69. The smallest absolute Gasteiger partial charge is 0.298 e. The first-order valence-electron chi connectivity index (χ1n) is 7.46.